The lowest BCUT2D eigenvalue weighted by atomic mass is 10.0. The molecule has 0 saturated heterocycles. The van der Waals surface area contributed by atoms with E-state index < -0.39 is 22.0 Å². The normalized spacial score (nSPS) is 15.4. The Labute approximate surface area is 171 Å². The van der Waals surface area contributed by atoms with Crippen LogP contribution in [0.4, 0.5) is 0 Å². The van der Waals surface area contributed by atoms with Crippen LogP contribution in [-0.2, 0) is 21.8 Å². The van der Waals surface area contributed by atoms with Crippen LogP contribution in [0.25, 0.3) is 0 Å². The fourth-order valence-electron chi connectivity index (χ4n) is 3.81. The van der Waals surface area contributed by atoms with Gasteiger partial charge in [-0.25, -0.2) is 13.2 Å². The first-order valence-corrected chi connectivity index (χ1v) is 10.9. The quantitative estimate of drug-likeness (QED) is 0.510. The second-order valence-corrected chi connectivity index (χ2v) is 9.25. The van der Waals surface area contributed by atoms with Gasteiger partial charge in [0, 0.05) is 24.3 Å². The number of rotatable bonds is 7. The van der Waals surface area contributed by atoms with E-state index in [4.69, 9.17) is 4.74 Å². The van der Waals surface area contributed by atoms with Crippen molar-refractivity contribution in [1.82, 2.24) is 8.87 Å². The van der Waals surface area contributed by atoms with Gasteiger partial charge in [-0.3, -0.25) is 4.79 Å². The predicted molar refractivity (Wildman–Crippen MR) is 109 cm³/mol. The molecule has 0 unspecified atom stereocenters. The Balaban J connectivity index is 2.04. The minimum absolute atomic E-state index is 0.170. The first-order chi connectivity index (χ1) is 13.6. The van der Waals surface area contributed by atoms with E-state index in [1.807, 2.05) is 0 Å². The molecule has 1 heterocycles. The van der Waals surface area contributed by atoms with E-state index in [1.165, 1.54) is 23.5 Å². The van der Waals surface area contributed by atoms with E-state index >= 15 is 0 Å². The van der Waals surface area contributed by atoms with Crippen LogP contribution in [0.1, 0.15) is 51.9 Å². The van der Waals surface area contributed by atoms with Crippen LogP contribution < -0.4 is 0 Å². The van der Waals surface area contributed by atoms with Crippen LogP contribution in [0, 0.1) is 13.8 Å². The van der Waals surface area contributed by atoms with Gasteiger partial charge in [-0.05, 0) is 51.3 Å². The minimum Gasteiger partial charge on any atom is -0.464 e. The Morgan fingerprint density at radius 2 is 1.76 bits per heavy atom. The summed E-state index contributed by atoms with van der Waals surface area (Å²) in [5.41, 5.74) is 1.77. The van der Waals surface area contributed by atoms with E-state index in [-0.39, 0.29) is 16.7 Å². The van der Waals surface area contributed by atoms with E-state index in [1.54, 1.807) is 50.6 Å². The largest absolute Gasteiger partial charge is 0.464 e. The third-order valence-corrected chi connectivity index (χ3v) is 7.58. The van der Waals surface area contributed by atoms with Crippen molar-refractivity contribution in [2.75, 3.05) is 7.11 Å². The number of methoxy groups -OCH3 is 1. The second kappa shape index (κ2) is 7.76. The van der Waals surface area contributed by atoms with E-state index in [0.29, 0.717) is 22.5 Å². The minimum atomic E-state index is -3.83. The summed E-state index contributed by atoms with van der Waals surface area (Å²) in [6, 6.07) is 7.07. The summed E-state index contributed by atoms with van der Waals surface area (Å²) in [5.74, 6) is -0.854. The number of sulfonamides is 1. The molecule has 29 heavy (non-hydrogen) atoms. The maximum atomic E-state index is 13.4. The summed E-state index contributed by atoms with van der Waals surface area (Å²) in [5, 5.41) is 0. The number of esters is 1. The highest BCUT2D eigenvalue weighted by Gasteiger charge is 2.44. The number of carbonyl (C=O) groups excluding carboxylic acids is 2. The van der Waals surface area contributed by atoms with Crippen molar-refractivity contribution < 1.29 is 22.7 Å². The lowest BCUT2D eigenvalue weighted by Gasteiger charge is -2.27. The molecule has 0 N–H and O–H groups in total. The highest BCUT2D eigenvalue weighted by Crippen LogP contribution is 2.35. The fourth-order valence-corrected chi connectivity index (χ4v) is 5.67. The zero-order valence-electron chi connectivity index (χ0n) is 17.3. The van der Waals surface area contributed by atoms with Crippen LogP contribution >= 0.6 is 0 Å². The predicted octanol–water partition coefficient (Wildman–Crippen LogP) is 2.85. The third-order valence-electron chi connectivity index (χ3n) is 5.54. The van der Waals surface area contributed by atoms with Crippen molar-refractivity contribution >= 4 is 21.8 Å². The fraction of sp³-hybridized carbons (Fsp3) is 0.429. The Kier molecular flexibility index (Phi) is 5.69. The molecule has 0 amide bonds. The molecule has 7 nitrogen and oxygen atoms in total. The summed E-state index contributed by atoms with van der Waals surface area (Å²) in [6.45, 7) is 5.05. The molecule has 2 aromatic rings. The number of ketones is 1. The number of Topliss-reactive ketones (excluding diaryl/α,β-unsaturated/α-hetero) is 1. The van der Waals surface area contributed by atoms with Gasteiger partial charge < -0.3 is 9.30 Å². The van der Waals surface area contributed by atoms with Gasteiger partial charge in [-0.2, -0.15) is 4.31 Å². The van der Waals surface area contributed by atoms with Crippen molar-refractivity contribution in [3.63, 3.8) is 0 Å². The van der Waals surface area contributed by atoms with Crippen LogP contribution in [-0.4, -0.2) is 48.2 Å². The lowest BCUT2D eigenvalue weighted by Crippen LogP contribution is -2.45. The molecule has 1 aromatic heterocycles. The van der Waals surface area contributed by atoms with Crippen LogP contribution in [0.15, 0.2) is 35.2 Å². The summed E-state index contributed by atoms with van der Waals surface area (Å²) in [6.07, 6.45) is 1.45. The smallest absolute Gasteiger partial charge is 0.354 e. The van der Waals surface area contributed by atoms with Crippen molar-refractivity contribution in [2.45, 2.75) is 50.6 Å². The summed E-state index contributed by atoms with van der Waals surface area (Å²) in [4.78, 5) is 25.8. The zero-order chi connectivity index (χ0) is 21.5. The number of ether oxygens (including phenoxy) is 1. The first-order valence-electron chi connectivity index (χ1n) is 9.49. The average molecular weight is 419 g/mol. The first kappa shape index (κ1) is 21.3. The molecular weight excluding hydrogens is 392 g/mol. The molecule has 3 rings (SSSR count). The molecule has 0 aliphatic heterocycles. The Morgan fingerprint density at radius 3 is 2.28 bits per heavy atom. The van der Waals surface area contributed by atoms with Crippen molar-refractivity contribution in [3.8, 4) is 0 Å². The second-order valence-electron chi connectivity index (χ2n) is 7.40. The van der Waals surface area contributed by atoms with Crippen LogP contribution in [0.2, 0.25) is 0 Å². The molecule has 0 bridgehead atoms. The van der Waals surface area contributed by atoms with E-state index in [0.717, 1.165) is 12.8 Å². The van der Waals surface area contributed by atoms with Crippen molar-refractivity contribution in [1.29, 1.82) is 0 Å². The standard InChI is InChI=1S/C21H26N2O5S/c1-13-18(14(2)22(4)19(13)21(25)28-5)20(24)15(3)23(16-11-12-16)29(26,27)17-9-7-6-8-10-17/h6-10,15-16H,11-12H2,1-5H3/t15-/m0/s1. The maximum absolute atomic E-state index is 13.4. The third kappa shape index (κ3) is 3.62. The summed E-state index contributed by atoms with van der Waals surface area (Å²) < 4.78 is 34.3. The highest BCUT2D eigenvalue weighted by atomic mass is 32.2. The molecular formula is C21H26N2O5S. The average Bonchev–Trinajstić information content (AvgIpc) is 3.49. The molecule has 0 radical (unpaired) electrons. The number of benzene rings is 1. The molecule has 0 spiro atoms. The molecule has 1 fully saturated rings. The van der Waals surface area contributed by atoms with Gasteiger partial charge in [0.2, 0.25) is 10.0 Å². The monoisotopic (exact) mass is 418 g/mol. The molecule has 1 aliphatic carbocycles. The summed E-state index contributed by atoms with van der Waals surface area (Å²) in [7, 11) is -0.849. The Bertz CT molecular complexity index is 1050. The molecule has 156 valence electrons. The number of aromatic nitrogens is 1. The number of hydrogen-bond acceptors (Lipinski definition) is 5. The van der Waals surface area contributed by atoms with Gasteiger partial charge in [0.25, 0.3) is 0 Å². The molecule has 1 aromatic carbocycles. The number of carbonyl (C=O) groups is 2. The van der Waals surface area contributed by atoms with E-state index in [9.17, 15) is 18.0 Å². The van der Waals surface area contributed by atoms with Gasteiger partial charge in [0.15, 0.2) is 5.78 Å². The van der Waals surface area contributed by atoms with Gasteiger partial charge in [-0.15, -0.1) is 0 Å². The number of hydrogen-bond donors (Lipinski definition) is 0. The Hall–Kier alpha value is -2.45. The van der Waals surface area contributed by atoms with Crippen molar-refractivity contribution in [2.24, 2.45) is 7.05 Å². The van der Waals surface area contributed by atoms with E-state index in [2.05, 4.69) is 0 Å². The van der Waals surface area contributed by atoms with Gasteiger partial charge in [0.1, 0.15) is 5.69 Å². The van der Waals surface area contributed by atoms with Gasteiger partial charge >= 0.3 is 5.97 Å². The lowest BCUT2D eigenvalue weighted by molar-refractivity contribution is 0.0588. The topological polar surface area (TPSA) is 85.7 Å². The highest BCUT2D eigenvalue weighted by molar-refractivity contribution is 7.89. The number of nitrogens with zero attached hydrogens (tertiary/aromatic N) is 2. The maximum Gasteiger partial charge on any atom is 0.354 e. The Morgan fingerprint density at radius 1 is 1.17 bits per heavy atom. The van der Waals surface area contributed by atoms with Crippen LogP contribution in [0.5, 0.6) is 0 Å². The SMILES string of the molecule is COC(=O)c1c(C)c(C(=O)[C@H](C)N(C2CC2)S(=O)(=O)c2ccccc2)c(C)n1C. The summed E-state index contributed by atoms with van der Waals surface area (Å²) >= 11 is 0. The van der Waals surface area contributed by atoms with Crippen LogP contribution in [0.3, 0.4) is 0 Å². The molecule has 1 atom stereocenters. The zero-order valence-corrected chi connectivity index (χ0v) is 18.1. The molecule has 1 saturated carbocycles. The van der Waals surface area contributed by atoms with Crippen molar-refractivity contribution in [3.05, 3.63) is 52.8 Å². The molecule has 1 aliphatic rings. The van der Waals surface area contributed by atoms with Gasteiger partial charge in [-0.1, -0.05) is 18.2 Å². The molecule has 8 heteroatoms. The van der Waals surface area contributed by atoms with Gasteiger partial charge in [0.05, 0.1) is 18.0 Å².